The van der Waals surface area contributed by atoms with Crippen LogP contribution in [0.5, 0.6) is 11.5 Å². The number of rotatable bonds is 9. The predicted molar refractivity (Wildman–Crippen MR) is 130 cm³/mol. The van der Waals surface area contributed by atoms with Crippen LogP contribution >= 0.6 is 0 Å². The maximum Gasteiger partial charge on any atom is 0.251 e. The van der Waals surface area contributed by atoms with Gasteiger partial charge in [-0.05, 0) is 55.3 Å². The number of hydrogen-bond acceptors (Lipinski definition) is 7. The van der Waals surface area contributed by atoms with Crippen LogP contribution in [-0.2, 0) is 16.1 Å². The molecule has 10 nitrogen and oxygen atoms in total. The van der Waals surface area contributed by atoms with Crippen LogP contribution in [0.25, 0.3) is 11.4 Å². The van der Waals surface area contributed by atoms with Crippen molar-refractivity contribution < 1.29 is 23.5 Å². The first-order valence-corrected chi connectivity index (χ1v) is 11.8. The van der Waals surface area contributed by atoms with Gasteiger partial charge < -0.3 is 14.8 Å². The topological polar surface area (TPSA) is 111 Å². The molecule has 1 aliphatic rings. The lowest BCUT2D eigenvalue weighted by Crippen LogP contribution is -2.51. The number of ether oxygens (including phenoxy) is 2. The molecular weight excluding hydrogens is 467 g/mol. The number of halogens is 1. The Labute approximate surface area is 208 Å². The van der Waals surface area contributed by atoms with Crippen molar-refractivity contribution in [2.45, 2.75) is 51.2 Å². The molecule has 3 aromatic rings. The van der Waals surface area contributed by atoms with Crippen LogP contribution in [-0.4, -0.2) is 58.3 Å². The summed E-state index contributed by atoms with van der Waals surface area (Å²) in [5.41, 5.74) is 0.624. The van der Waals surface area contributed by atoms with Crippen molar-refractivity contribution in [3.8, 4) is 22.9 Å². The Balaban J connectivity index is 1.56. The average molecular weight is 497 g/mol. The Kier molecular flexibility index (Phi) is 7.77. The molecule has 0 bridgehead atoms. The number of anilines is 1. The maximum atomic E-state index is 14.7. The number of hydrogen-bond donors (Lipinski definition) is 1. The largest absolute Gasteiger partial charge is 0.493 e. The number of aromatic nitrogens is 4. The van der Waals surface area contributed by atoms with Gasteiger partial charge in [0, 0.05) is 11.6 Å². The summed E-state index contributed by atoms with van der Waals surface area (Å²) in [5, 5.41) is 15.3. The number of carbonyl (C=O) groups excluding carboxylic acids is 2. The van der Waals surface area contributed by atoms with E-state index < -0.39 is 17.8 Å². The van der Waals surface area contributed by atoms with Gasteiger partial charge in [-0.15, -0.1) is 10.2 Å². The number of carbonyl (C=O) groups is 2. The van der Waals surface area contributed by atoms with Crippen LogP contribution in [0.15, 0.2) is 42.5 Å². The molecule has 1 N–H and O–H groups in total. The number of methoxy groups -OCH3 is 2. The van der Waals surface area contributed by atoms with Gasteiger partial charge in [0.05, 0.1) is 19.9 Å². The monoisotopic (exact) mass is 496 g/mol. The van der Waals surface area contributed by atoms with Crippen LogP contribution in [0.2, 0.25) is 0 Å². The highest BCUT2D eigenvalue weighted by molar-refractivity contribution is 6.00. The fourth-order valence-corrected chi connectivity index (χ4v) is 4.31. The highest BCUT2D eigenvalue weighted by Crippen LogP contribution is 2.31. The van der Waals surface area contributed by atoms with Crippen molar-refractivity contribution in [3.63, 3.8) is 0 Å². The van der Waals surface area contributed by atoms with Gasteiger partial charge in [-0.3, -0.25) is 14.5 Å². The quantitative estimate of drug-likeness (QED) is 0.485. The average Bonchev–Trinajstić information content (AvgIpc) is 3.57. The minimum absolute atomic E-state index is 0.0109. The second kappa shape index (κ2) is 11.1. The van der Waals surface area contributed by atoms with Crippen molar-refractivity contribution in [3.05, 3.63) is 48.3 Å². The third-order valence-corrected chi connectivity index (χ3v) is 6.22. The van der Waals surface area contributed by atoms with Crippen molar-refractivity contribution in [1.29, 1.82) is 0 Å². The molecule has 4 rings (SSSR count). The normalized spacial score (nSPS) is 14.3. The maximum absolute atomic E-state index is 14.7. The molecule has 0 radical (unpaired) electrons. The lowest BCUT2D eigenvalue weighted by molar-refractivity contribution is -0.127. The Hall–Kier alpha value is -4.02. The third kappa shape index (κ3) is 5.45. The van der Waals surface area contributed by atoms with E-state index in [1.54, 1.807) is 31.2 Å². The zero-order valence-corrected chi connectivity index (χ0v) is 20.5. The van der Waals surface area contributed by atoms with Gasteiger partial charge in [0.25, 0.3) is 5.91 Å². The van der Waals surface area contributed by atoms with Gasteiger partial charge in [0.2, 0.25) is 11.7 Å². The number of nitrogens with one attached hydrogen (secondary N) is 1. The van der Waals surface area contributed by atoms with Crippen LogP contribution < -0.4 is 19.7 Å². The first kappa shape index (κ1) is 25.1. The highest BCUT2D eigenvalue weighted by Gasteiger charge is 2.31. The summed E-state index contributed by atoms with van der Waals surface area (Å²) in [6.45, 7) is 1.24. The van der Waals surface area contributed by atoms with E-state index in [9.17, 15) is 14.0 Å². The number of tetrazole rings is 1. The molecule has 1 aromatic heterocycles. The van der Waals surface area contributed by atoms with Gasteiger partial charge in [-0.25, -0.2) is 4.39 Å². The third-order valence-electron chi connectivity index (χ3n) is 6.22. The fraction of sp³-hybridized carbons (Fsp3) is 0.400. The zero-order valence-electron chi connectivity index (χ0n) is 20.5. The minimum atomic E-state index is -0.941. The lowest BCUT2D eigenvalue weighted by Gasteiger charge is -2.29. The molecule has 1 aliphatic carbocycles. The van der Waals surface area contributed by atoms with E-state index in [0.29, 0.717) is 17.1 Å². The van der Waals surface area contributed by atoms with E-state index in [2.05, 4.69) is 20.7 Å². The van der Waals surface area contributed by atoms with Gasteiger partial charge in [0.1, 0.15) is 18.4 Å². The van der Waals surface area contributed by atoms with Gasteiger partial charge in [0.15, 0.2) is 11.5 Å². The summed E-state index contributed by atoms with van der Waals surface area (Å²) in [7, 11) is 3.06. The molecular formula is C25H29FN6O4. The zero-order chi connectivity index (χ0) is 25.7. The minimum Gasteiger partial charge on any atom is -0.493 e. The molecule has 2 aromatic carbocycles. The highest BCUT2D eigenvalue weighted by atomic mass is 19.1. The molecule has 0 aliphatic heterocycles. The van der Waals surface area contributed by atoms with E-state index in [4.69, 9.17) is 9.47 Å². The molecule has 36 heavy (non-hydrogen) atoms. The molecule has 0 unspecified atom stereocenters. The molecule has 190 valence electrons. The standard InChI is InChI=1S/C25H29FN6O4/c1-16(25(34)27-18-8-4-5-9-18)32(20-11-7-6-10-19(20)26)23(33)15-31-29-24(28-30-31)17-12-13-21(35-2)22(14-17)36-3/h6-7,10-14,16,18H,4-5,8-9,15H2,1-3H3,(H,27,34)/t16-/m0/s1. The van der Waals surface area contributed by atoms with Gasteiger partial charge in [-0.2, -0.15) is 4.80 Å². The summed E-state index contributed by atoms with van der Waals surface area (Å²) in [4.78, 5) is 28.6. The van der Waals surface area contributed by atoms with Crippen LogP contribution in [0.1, 0.15) is 32.6 Å². The Morgan fingerprint density at radius 1 is 1.14 bits per heavy atom. The summed E-state index contributed by atoms with van der Waals surface area (Å²) in [5.74, 6) is -0.178. The van der Waals surface area contributed by atoms with Gasteiger partial charge >= 0.3 is 0 Å². The number of benzene rings is 2. The SMILES string of the molecule is COc1ccc(-c2nnn(CC(=O)N(c3ccccc3F)[C@@H](C)C(=O)NC3CCCC3)n2)cc1OC. The Bertz CT molecular complexity index is 1230. The van der Waals surface area contributed by atoms with E-state index in [-0.39, 0.29) is 30.0 Å². The number of amides is 2. The summed E-state index contributed by atoms with van der Waals surface area (Å²) < 4.78 is 25.3. The number of nitrogens with zero attached hydrogens (tertiary/aromatic N) is 5. The Morgan fingerprint density at radius 2 is 1.86 bits per heavy atom. The molecule has 11 heteroatoms. The first-order valence-electron chi connectivity index (χ1n) is 11.8. The van der Waals surface area contributed by atoms with E-state index >= 15 is 0 Å². The van der Waals surface area contributed by atoms with E-state index in [1.807, 2.05) is 0 Å². The smallest absolute Gasteiger partial charge is 0.251 e. The fourth-order valence-electron chi connectivity index (χ4n) is 4.31. The second-order valence-electron chi connectivity index (χ2n) is 8.59. The molecule has 0 saturated heterocycles. The Morgan fingerprint density at radius 3 is 2.56 bits per heavy atom. The van der Waals surface area contributed by atoms with Crippen LogP contribution in [0.4, 0.5) is 10.1 Å². The lowest BCUT2D eigenvalue weighted by atomic mass is 10.1. The van der Waals surface area contributed by atoms with Crippen molar-refractivity contribution in [1.82, 2.24) is 25.5 Å². The summed E-state index contributed by atoms with van der Waals surface area (Å²) >= 11 is 0. The summed E-state index contributed by atoms with van der Waals surface area (Å²) in [6, 6.07) is 10.1. The van der Waals surface area contributed by atoms with Crippen LogP contribution in [0, 0.1) is 5.82 Å². The predicted octanol–water partition coefficient (Wildman–Crippen LogP) is 2.98. The summed E-state index contributed by atoms with van der Waals surface area (Å²) in [6.07, 6.45) is 3.90. The molecule has 1 saturated carbocycles. The molecule has 1 heterocycles. The second-order valence-corrected chi connectivity index (χ2v) is 8.59. The molecule has 1 atom stereocenters. The van der Waals surface area contributed by atoms with E-state index in [0.717, 1.165) is 35.4 Å². The van der Waals surface area contributed by atoms with E-state index in [1.165, 1.54) is 32.4 Å². The number of para-hydroxylation sites is 1. The van der Waals surface area contributed by atoms with Gasteiger partial charge in [-0.1, -0.05) is 25.0 Å². The van der Waals surface area contributed by atoms with Crippen LogP contribution in [0.3, 0.4) is 0 Å². The first-order chi connectivity index (χ1) is 17.4. The van der Waals surface area contributed by atoms with Crippen molar-refractivity contribution in [2.75, 3.05) is 19.1 Å². The molecule has 2 amide bonds. The van der Waals surface area contributed by atoms with Crippen molar-refractivity contribution in [2.24, 2.45) is 0 Å². The molecule has 1 fully saturated rings. The molecule has 0 spiro atoms. The van der Waals surface area contributed by atoms with Crippen molar-refractivity contribution >= 4 is 17.5 Å².